The Kier molecular flexibility index (Phi) is 3.68. The summed E-state index contributed by atoms with van der Waals surface area (Å²) in [4.78, 5) is 14.7. The predicted octanol–water partition coefficient (Wildman–Crippen LogP) is 3.03. The highest BCUT2D eigenvalue weighted by molar-refractivity contribution is 5.99. The molecule has 1 saturated carbocycles. The lowest BCUT2D eigenvalue weighted by Crippen LogP contribution is -2.58. The second-order valence-electron chi connectivity index (χ2n) is 6.01. The van der Waals surface area contributed by atoms with E-state index in [9.17, 15) is 4.79 Å². The van der Waals surface area contributed by atoms with Crippen molar-refractivity contribution in [2.24, 2.45) is 0 Å². The van der Waals surface area contributed by atoms with Crippen LogP contribution in [0, 0.1) is 20.8 Å². The van der Waals surface area contributed by atoms with Gasteiger partial charge in [0.1, 0.15) is 5.54 Å². The summed E-state index contributed by atoms with van der Waals surface area (Å²) in [7, 11) is 3.99. The van der Waals surface area contributed by atoms with Crippen molar-refractivity contribution in [3.05, 3.63) is 28.8 Å². The second-order valence-corrected chi connectivity index (χ2v) is 6.01. The molecule has 0 unspecified atom stereocenters. The fraction of sp³-hybridized carbons (Fsp3) is 0.562. The van der Waals surface area contributed by atoms with Crippen LogP contribution >= 0.6 is 0 Å². The van der Waals surface area contributed by atoms with Gasteiger partial charge in [-0.2, -0.15) is 0 Å². The summed E-state index contributed by atoms with van der Waals surface area (Å²) in [6.07, 6.45) is 3.04. The molecule has 104 valence electrons. The third kappa shape index (κ3) is 2.39. The Morgan fingerprint density at radius 1 is 1.16 bits per heavy atom. The van der Waals surface area contributed by atoms with Crippen molar-refractivity contribution in [2.75, 3.05) is 19.4 Å². The van der Waals surface area contributed by atoms with Crippen molar-refractivity contribution in [3.63, 3.8) is 0 Å². The molecule has 0 bridgehead atoms. The molecule has 19 heavy (non-hydrogen) atoms. The number of likely N-dealkylation sites (N-methyl/N-ethyl adjacent to an activating group) is 1. The van der Waals surface area contributed by atoms with Gasteiger partial charge < -0.3 is 5.32 Å². The summed E-state index contributed by atoms with van der Waals surface area (Å²) in [5.41, 5.74) is 4.19. The van der Waals surface area contributed by atoms with Crippen molar-refractivity contribution >= 4 is 11.6 Å². The lowest BCUT2D eigenvalue weighted by Gasteiger charge is -2.45. The van der Waals surface area contributed by atoms with Gasteiger partial charge in [-0.25, -0.2) is 0 Å². The van der Waals surface area contributed by atoms with E-state index in [-0.39, 0.29) is 11.4 Å². The van der Waals surface area contributed by atoms with Crippen LogP contribution in [0.25, 0.3) is 0 Å². The molecular formula is C16H24N2O. The van der Waals surface area contributed by atoms with Gasteiger partial charge in [0.15, 0.2) is 0 Å². The van der Waals surface area contributed by atoms with Crippen LogP contribution in [0.4, 0.5) is 5.69 Å². The van der Waals surface area contributed by atoms with Crippen LogP contribution in [0.1, 0.15) is 36.0 Å². The fourth-order valence-corrected chi connectivity index (χ4v) is 3.00. The quantitative estimate of drug-likeness (QED) is 0.906. The minimum Gasteiger partial charge on any atom is -0.324 e. The minimum atomic E-state index is -0.302. The van der Waals surface area contributed by atoms with E-state index < -0.39 is 0 Å². The normalized spacial score (nSPS) is 17.2. The Morgan fingerprint density at radius 2 is 1.68 bits per heavy atom. The lowest BCUT2D eigenvalue weighted by atomic mass is 9.75. The van der Waals surface area contributed by atoms with Crippen LogP contribution in [-0.4, -0.2) is 30.4 Å². The monoisotopic (exact) mass is 260 g/mol. The number of benzene rings is 1. The third-order valence-electron chi connectivity index (χ3n) is 4.37. The molecule has 0 spiro atoms. The predicted molar refractivity (Wildman–Crippen MR) is 79.6 cm³/mol. The number of aryl methyl sites for hydroxylation is 3. The number of carbonyl (C=O) groups excluding carboxylic acids is 1. The van der Waals surface area contributed by atoms with Gasteiger partial charge in [-0.3, -0.25) is 9.69 Å². The molecule has 1 fully saturated rings. The molecular weight excluding hydrogens is 236 g/mol. The number of hydrogen-bond acceptors (Lipinski definition) is 2. The average Bonchev–Trinajstić information content (AvgIpc) is 2.20. The number of rotatable bonds is 3. The molecule has 0 heterocycles. The van der Waals surface area contributed by atoms with Gasteiger partial charge in [0, 0.05) is 5.69 Å². The molecule has 2 rings (SSSR count). The second kappa shape index (κ2) is 4.97. The molecule has 3 heteroatoms. The molecule has 1 aliphatic rings. The Bertz CT molecular complexity index is 478. The van der Waals surface area contributed by atoms with Gasteiger partial charge in [0.25, 0.3) is 0 Å². The average molecular weight is 260 g/mol. The van der Waals surface area contributed by atoms with E-state index in [0.717, 1.165) is 36.1 Å². The zero-order valence-electron chi connectivity index (χ0n) is 12.6. The first kappa shape index (κ1) is 14.1. The number of hydrogen-bond donors (Lipinski definition) is 1. The van der Waals surface area contributed by atoms with Crippen LogP contribution in [0.2, 0.25) is 0 Å². The van der Waals surface area contributed by atoms with E-state index in [1.807, 2.05) is 14.1 Å². The fourth-order valence-electron chi connectivity index (χ4n) is 3.00. The zero-order chi connectivity index (χ0) is 14.2. The van der Waals surface area contributed by atoms with E-state index in [2.05, 4.69) is 43.1 Å². The van der Waals surface area contributed by atoms with E-state index in [1.54, 1.807) is 0 Å². The summed E-state index contributed by atoms with van der Waals surface area (Å²) in [6.45, 7) is 6.19. The van der Waals surface area contributed by atoms with Gasteiger partial charge in [-0.05, 0) is 65.3 Å². The third-order valence-corrected chi connectivity index (χ3v) is 4.37. The maximum absolute atomic E-state index is 12.6. The van der Waals surface area contributed by atoms with Crippen LogP contribution in [0.5, 0.6) is 0 Å². The zero-order valence-corrected chi connectivity index (χ0v) is 12.6. The smallest absolute Gasteiger partial charge is 0.244 e. The number of nitrogens with one attached hydrogen (secondary N) is 1. The van der Waals surface area contributed by atoms with E-state index in [0.29, 0.717) is 0 Å². The highest BCUT2D eigenvalue weighted by Crippen LogP contribution is 2.37. The van der Waals surface area contributed by atoms with E-state index in [4.69, 9.17) is 0 Å². The summed E-state index contributed by atoms with van der Waals surface area (Å²) in [5, 5.41) is 3.15. The first-order chi connectivity index (χ1) is 8.86. The summed E-state index contributed by atoms with van der Waals surface area (Å²) in [6, 6.07) is 4.23. The molecule has 0 radical (unpaired) electrons. The van der Waals surface area contributed by atoms with Gasteiger partial charge in [-0.1, -0.05) is 17.7 Å². The van der Waals surface area contributed by atoms with Crippen molar-refractivity contribution in [3.8, 4) is 0 Å². The van der Waals surface area contributed by atoms with Gasteiger partial charge in [0.2, 0.25) is 5.91 Å². The SMILES string of the molecule is Cc1cc(C)c(NC(=O)C2(N(C)C)CCC2)c(C)c1. The maximum atomic E-state index is 12.6. The standard InChI is InChI=1S/C16H24N2O/c1-11-9-12(2)14(13(3)10-11)17-15(19)16(18(4)5)7-6-8-16/h9-10H,6-8H2,1-5H3,(H,17,19). The minimum absolute atomic E-state index is 0.138. The molecule has 0 aliphatic heterocycles. The van der Waals surface area contributed by atoms with Crippen molar-refractivity contribution in [1.29, 1.82) is 0 Å². The highest BCUT2D eigenvalue weighted by atomic mass is 16.2. The Balaban J connectivity index is 2.24. The highest BCUT2D eigenvalue weighted by Gasteiger charge is 2.46. The topological polar surface area (TPSA) is 32.3 Å². The number of carbonyl (C=O) groups is 1. The molecule has 1 aromatic rings. The molecule has 0 aromatic heterocycles. The Hall–Kier alpha value is -1.35. The molecule has 1 aliphatic carbocycles. The van der Waals surface area contributed by atoms with Gasteiger partial charge in [-0.15, -0.1) is 0 Å². The van der Waals surface area contributed by atoms with Gasteiger partial charge in [0.05, 0.1) is 0 Å². The van der Waals surface area contributed by atoms with Crippen LogP contribution in [0.3, 0.4) is 0 Å². The van der Waals surface area contributed by atoms with E-state index in [1.165, 1.54) is 5.56 Å². The van der Waals surface area contributed by atoms with Crippen LogP contribution in [-0.2, 0) is 4.79 Å². The lowest BCUT2D eigenvalue weighted by molar-refractivity contribution is -0.131. The molecule has 1 aromatic carbocycles. The number of anilines is 1. The van der Waals surface area contributed by atoms with Crippen molar-refractivity contribution in [1.82, 2.24) is 4.90 Å². The first-order valence-corrected chi connectivity index (χ1v) is 6.93. The molecule has 1 amide bonds. The molecule has 1 N–H and O–H groups in total. The van der Waals surface area contributed by atoms with Crippen molar-refractivity contribution < 1.29 is 4.79 Å². The largest absolute Gasteiger partial charge is 0.324 e. The first-order valence-electron chi connectivity index (χ1n) is 6.93. The Labute approximate surface area is 116 Å². The summed E-state index contributed by atoms with van der Waals surface area (Å²) in [5.74, 6) is 0.138. The summed E-state index contributed by atoms with van der Waals surface area (Å²) < 4.78 is 0. The Morgan fingerprint density at radius 3 is 2.05 bits per heavy atom. The van der Waals surface area contributed by atoms with Crippen LogP contribution in [0.15, 0.2) is 12.1 Å². The van der Waals surface area contributed by atoms with Gasteiger partial charge >= 0.3 is 0 Å². The number of nitrogens with zero attached hydrogens (tertiary/aromatic N) is 1. The summed E-state index contributed by atoms with van der Waals surface area (Å²) >= 11 is 0. The molecule has 0 saturated heterocycles. The maximum Gasteiger partial charge on any atom is 0.244 e. The van der Waals surface area contributed by atoms with Crippen LogP contribution < -0.4 is 5.32 Å². The molecule has 3 nitrogen and oxygen atoms in total. The molecule has 0 atom stereocenters. The number of amides is 1. The van der Waals surface area contributed by atoms with E-state index >= 15 is 0 Å². The van der Waals surface area contributed by atoms with Crippen molar-refractivity contribution in [2.45, 2.75) is 45.6 Å².